The van der Waals surface area contributed by atoms with Crippen molar-refractivity contribution in [1.29, 1.82) is 0 Å². The largest absolute Gasteiger partial charge is 0.432 e. The number of esters is 1. The minimum Gasteiger partial charge on any atom is -0.432 e. The van der Waals surface area contributed by atoms with E-state index in [-0.39, 0.29) is 29.8 Å². The van der Waals surface area contributed by atoms with E-state index in [1.807, 2.05) is 6.92 Å². The lowest BCUT2D eigenvalue weighted by atomic mass is 9.33. The van der Waals surface area contributed by atoms with Crippen molar-refractivity contribution >= 4 is 5.97 Å². The molecule has 0 bridgehead atoms. The summed E-state index contributed by atoms with van der Waals surface area (Å²) in [5.74, 6) is -1.21. The standard InChI is InChI=1S/C65H106O32/c1-25-36(71)40(75)45(80)54(88-25)95-51-31(21-68)91-53(49(84)44(51)79)87-23-32-39(74)43(78)48(83)57(92-32)97-59(85)65-16-14-60(2,3)18-27(65)26-8-9-34-61(4)12-11-35(62(5,24-69)33(61)10-13-64(34,7)63(26,6)15-17-65)93-58-52(96-56-47(82)42(77)38(73)30(20-67)90-56)50(28(70)22-86-58)94-55-46(81)41(76)37(72)29(19-66)89-55/h8,25,27-58,66-84H,9-24H2,1-7H3/t25-,27-,28-,29+,30+,31+,32+,33+,34+,35-,36-,37+,38+,39+,40+,41-,42-,43-,44+,45+,46+,47+,48+,49+,50-,51+,52+,53+,54-,55-,56-,57-,58-,61-,62-,63+,64+,65-/m0/s1. The van der Waals surface area contributed by atoms with E-state index in [2.05, 4.69) is 40.7 Å². The van der Waals surface area contributed by atoms with Crippen LogP contribution in [-0.2, 0) is 61.6 Å². The van der Waals surface area contributed by atoms with Gasteiger partial charge in [-0.1, -0.05) is 53.2 Å². The van der Waals surface area contributed by atoms with E-state index in [1.54, 1.807) is 0 Å². The Morgan fingerprint density at radius 2 is 1.01 bits per heavy atom. The first kappa shape index (κ1) is 76.1. The Morgan fingerprint density at radius 1 is 0.495 bits per heavy atom. The van der Waals surface area contributed by atoms with Gasteiger partial charge in [-0.15, -0.1) is 0 Å². The van der Waals surface area contributed by atoms with E-state index in [9.17, 15) is 97.0 Å². The first-order valence-corrected chi connectivity index (χ1v) is 34.3. The van der Waals surface area contributed by atoms with E-state index >= 15 is 4.79 Å². The van der Waals surface area contributed by atoms with Crippen LogP contribution in [0.25, 0.3) is 0 Å². The zero-order chi connectivity index (χ0) is 70.7. The summed E-state index contributed by atoms with van der Waals surface area (Å²) in [6.07, 6.45) is -42.4. The molecule has 32 heteroatoms. The van der Waals surface area contributed by atoms with E-state index in [4.69, 9.17) is 56.8 Å². The highest BCUT2D eigenvalue weighted by Gasteiger charge is 2.71. The molecule has 11 rings (SSSR count). The number of aliphatic hydroxyl groups excluding tert-OH is 19. The Kier molecular flexibility index (Phi) is 22.6. The Balaban J connectivity index is 0.800. The number of fused-ring (bicyclic) bond motifs is 7. The molecule has 0 aromatic carbocycles. The molecule has 19 N–H and O–H groups in total. The second-order valence-corrected chi connectivity index (χ2v) is 31.3. The average molecular weight is 1400 g/mol. The zero-order valence-electron chi connectivity index (χ0n) is 55.7. The Morgan fingerprint density at radius 3 is 1.61 bits per heavy atom. The highest BCUT2D eigenvalue weighted by Crippen LogP contribution is 2.76. The zero-order valence-corrected chi connectivity index (χ0v) is 55.7. The van der Waals surface area contributed by atoms with Gasteiger partial charge in [0.15, 0.2) is 31.5 Å². The maximum absolute atomic E-state index is 15.4. The van der Waals surface area contributed by atoms with Crippen LogP contribution in [0.3, 0.4) is 0 Å². The van der Waals surface area contributed by atoms with Crippen LogP contribution < -0.4 is 0 Å². The van der Waals surface area contributed by atoms with Crippen molar-refractivity contribution < 1.29 is 159 Å². The first-order chi connectivity index (χ1) is 45.6. The van der Waals surface area contributed by atoms with Crippen LogP contribution >= 0.6 is 0 Å². The molecule has 558 valence electrons. The van der Waals surface area contributed by atoms with Crippen molar-refractivity contribution in [2.45, 2.75) is 297 Å². The highest BCUT2D eigenvalue weighted by atomic mass is 16.8. The van der Waals surface area contributed by atoms with Crippen molar-refractivity contribution in [2.75, 3.05) is 39.6 Å². The molecule has 6 aliphatic heterocycles. The maximum atomic E-state index is 15.4. The predicted molar refractivity (Wildman–Crippen MR) is 322 cm³/mol. The number of hydrogen-bond donors (Lipinski definition) is 19. The number of allylic oxidation sites excluding steroid dienone is 2. The molecule has 0 amide bonds. The fourth-order valence-electron chi connectivity index (χ4n) is 19.1. The van der Waals surface area contributed by atoms with Gasteiger partial charge in [0.25, 0.3) is 0 Å². The third-order valence-corrected chi connectivity index (χ3v) is 25.3. The summed E-state index contributed by atoms with van der Waals surface area (Å²) in [6, 6.07) is 0. The molecular weight excluding hydrogens is 1290 g/mol. The van der Waals surface area contributed by atoms with Gasteiger partial charge in [0.2, 0.25) is 6.29 Å². The highest BCUT2D eigenvalue weighted by molar-refractivity contribution is 5.79. The summed E-state index contributed by atoms with van der Waals surface area (Å²) in [5.41, 5.74) is -2.59. The molecule has 4 saturated carbocycles. The van der Waals surface area contributed by atoms with E-state index in [1.165, 1.54) is 6.92 Å². The van der Waals surface area contributed by atoms with Crippen LogP contribution in [-0.4, -0.2) is 327 Å². The summed E-state index contributed by atoms with van der Waals surface area (Å²) < 4.78 is 72.0. The van der Waals surface area contributed by atoms with Crippen molar-refractivity contribution in [3.8, 4) is 0 Å². The number of hydrogen-bond acceptors (Lipinski definition) is 32. The number of ether oxygens (including phenoxy) is 12. The molecule has 0 radical (unpaired) electrons. The van der Waals surface area contributed by atoms with Gasteiger partial charge in [-0.3, -0.25) is 4.79 Å². The Bertz CT molecular complexity index is 2710. The van der Waals surface area contributed by atoms with Gasteiger partial charge in [0.05, 0.1) is 57.3 Å². The summed E-state index contributed by atoms with van der Waals surface area (Å²) in [6.45, 7) is 10.6. The molecule has 11 aliphatic rings. The molecule has 0 unspecified atom stereocenters. The van der Waals surface area contributed by atoms with Gasteiger partial charge in [-0.25, -0.2) is 0 Å². The van der Waals surface area contributed by atoms with E-state index in [0.29, 0.717) is 64.2 Å². The fraction of sp³-hybridized carbons (Fsp3) is 0.954. The lowest BCUT2D eigenvalue weighted by Crippen LogP contribution is -2.68. The van der Waals surface area contributed by atoms with Crippen molar-refractivity contribution in [2.24, 2.45) is 50.2 Å². The lowest BCUT2D eigenvalue weighted by Gasteiger charge is -2.71. The summed E-state index contributed by atoms with van der Waals surface area (Å²) in [5, 5.41) is 206. The van der Waals surface area contributed by atoms with Gasteiger partial charge in [-0.05, 0) is 111 Å². The molecule has 6 heterocycles. The van der Waals surface area contributed by atoms with E-state index < -0.39 is 250 Å². The lowest BCUT2D eigenvalue weighted by molar-refractivity contribution is -0.390. The molecule has 10 fully saturated rings. The smallest absolute Gasteiger partial charge is 0.315 e. The van der Waals surface area contributed by atoms with Crippen LogP contribution in [0.2, 0.25) is 0 Å². The molecule has 0 spiro atoms. The topological polar surface area (TPSA) is 512 Å². The molecule has 5 aliphatic carbocycles. The average Bonchev–Trinajstić information content (AvgIpc) is 0.675. The van der Waals surface area contributed by atoms with Gasteiger partial charge in [-0.2, -0.15) is 0 Å². The number of carbonyl (C=O) groups is 1. The first-order valence-electron chi connectivity index (χ1n) is 34.3. The summed E-state index contributed by atoms with van der Waals surface area (Å²) in [7, 11) is 0. The summed E-state index contributed by atoms with van der Waals surface area (Å²) in [4.78, 5) is 15.4. The van der Waals surface area contributed by atoms with Crippen LogP contribution in [0.1, 0.15) is 113 Å². The molecule has 0 aromatic heterocycles. The van der Waals surface area contributed by atoms with Gasteiger partial charge in [0, 0.05) is 5.41 Å². The Labute approximate surface area is 561 Å². The fourth-order valence-corrected chi connectivity index (χ4v) is 19.1. The predicted octanol–water partition coefficient (Wildman–Crippen LogP) is -5.75. The van der Waals surface area contributed by atoms with Crippen LogP contribution in [0.4, 0.5) is 0 Å². The molecule has 38 atom stereocenters. The third kappa shape index (κ3) is 13.2. The second kappa shape index (κ2) is 28.8. The maximum Gasteiger partial charge on any atom is 0.315 e. The van der Waals surface area contributed by atoms with Crippen molar-refractivity contribution in [3.05, 3.63) is 11.6 Å². The molecule has 97 heavy (non-hydrogen) atoms. The second-order valence-electron chi connectivity index (χ2n) is 31.3. The third-order valence-electron chi connectivity index (χ3n) is 25.3. The van der Waals surface area contributed by atoms with Gasteiger partial charge >= 0.3 is 5.97 Å². The van der Waals surface area contributed by atoms with Crippen molar-refractivity contribution in [1.82, 2.24) is 0 Å². The molecule has 6 saturated heterocycles. The summed E-state index contributed by atoms with van der Waals surface area (Å²) >= 11 is 0. The van der Waals surface area contributed by atoms with Crippen molar-refractivity contribution in [3.63, 3.8) is 0 Å². The Hall–Kier alpha value is -1.99. The number of aliphatic hydroxyl groups is 19. The molecular formula is C65H106O32. The SMILES string of the molecule is C[C@@H]1O[C@@H](O[C@H]2[C@H](O)[C@@H](O)[C@H](OC[C@H]3O[C@@H](OC(=O)[C@]45CCC(C)(C)C[C@H]4C4=CC[C@@H]6[C@@]7(C)CC[C@H](O[C@@H]8OC[C@H](O)[C@H](O[C@@H]9O[C@H](CO)[C@@H](O)[C@H](O)[C@H]9O)[C@H]8O[C@@H]8O[C@H](CO)[C@@H](O)[C@H](O)[C@H]8O)[C@@](C)(CO)[C@@H]7CC[C@@]6(C)[C@]4(C)CC5)[C@H](O)[C@@H](O)[C@@H]3O)O[C@@H]2CO)[C@H](O)[C@H](O)[C@H]1O. The minimum absolute atomic E-state index is 0.0144. The normalized spacial score (nSPS) is 54.7. The minimum atomic E-state index is -1.95. The van der Waals surface area contributed by atoms with Crippen LogP contribution in [0.15, 0.2) is 11.6 Å². The van der Waals surface area contributed by atoms with Crippen LogP contribution in [0, 0.1) is 50.2 Å². The monoisotopic (exact) mass is 1400 g/mol. The number of rotatable bonds is 17. The molecule has 0 aromatic rings. The quantitative estimate of drug-likeness (QED) is 0.0366. The van der Waals surface area contributed by atoms with Gasteiger partial charge < -0.3 is 154 Å². The number of carbonyl (C=O) groups excluding carboxylic acids is 1. The van der Waals surface area contributed by atoms with E-state index in [0.717, 1.165) is 5.57 Å². The molecule has 32 nitrogen and oxygen atoms in total. The van der Waals surface area contributed by atoms with Crippen LogP contribution in [0.5, 0.6) is 0 Å². The van der Waals surface area contributed by atoms with Gasteiger partial charge in [0.1, 0.15) is 134 Å².